The summed E-state index contributed by atoms with van der Waals surface area (Å²) in [5.74, 6) is 0.682. The van der Waals surface area contributed by atoms with Crippen LogP contribution in [0.5, 0.6) is 0 Å². The minimum absolute atomic E-state index is 0.0161. The first-order valence-electron chi connectivity index (χ1n) is 13.6. The van der Waals surface area contributed by atoms with E-state index in [0.29, 0.717) is 37.3 Å². The van der Waals surface area contributed by atoms with Gasteiger partial charge in [-0.1, -0.05) is 19.9 Å². The molecule has 5 heterocycles. The Morgan fingerprint density at radius 3 is 2.50 bits per heavy atom. The standard InChI is InChI=1S/C28H38N6O2/c1-5-21-14-33(25-11-27(35)31(4)26-15-34(30-28(25)26)23-16-36-17-23)22(6-2)13-32(21)18(3)20-9-10-24(29-12-20)19-7-8-19/h9-12,15,18-19,21-23H,5-8,13-14,16-17H2,1-4H3/t18?,21-,22+/m1/s1. The number of hydrogen-bond donors (Lipinski definition) is 0. The molecule has 1 unspecified atom stereocenters. The lowest BCUT2D eigenvalue weighted by Gasteiger charge is -2.49. The number of ether oxygens (including phenoxy) is 1. The second-order valence-corrected chi connectivity index (χ2v) is 10.9. The SMILES string of the molecule is CC[C@H]1CN(C(C)c2ccc(C3CC3)nc2)[C@H](CC)CN1c1cc(=O)n(C)c2cn(C3COC3)nc12. The van der Waals surface area contributed by atoms with Gasteiger partial charge in [0.25, 0.3) is 5.56 Å². The van der Waals surface area contributed by atoms with Crippen LogP contribution in [0, 0.1) is 0 Å². The molecule has 8 nitrogen and oxygen atoms in total. The van der Waals surface area contributed by atoms with Crippen LogP contribution >= 0.6 is 0 Å². The lowest BCUT2D eigenvalue weighted by atomic mass is 9.97. The second-order valence-electron chi connectivity index (χ2n) is 10.9. The fourth-order valence-corrected chi connectivity index (χ4v) is 5.92. The van der Waals surface area contributed by atoms with Crippen LogP contribution in [0.15, 0.2) is 35.4 Å². The highest BCUT2D eigenvalue weighted by Gasteiger charge is 2.37. The van der Waals surface area contributed by atoms with Gasteiger partial charge in [0.1, 0.15) is 5.52 Å². The molecule has 2 saturated heterocycles. The third-order valence-corrected chi connectivity index (χ3v) is 8.68. The van der Waals surface area contributed by atoms with Crippen LogP contribution < -0.4 is 10.5 Å². The van der Waals surface area contributed by atoms with Crippen LogP contribution in [0.25, 0.3) is 11.0 Å². The summed E-state index contributed by atoms with van der Waals surface area (Å²) < 4.78 is 9.10. The van der Waals surface area contributed by atoms with E-state index in [4.69, 9.17) is 14.8 Å². The van der Waals surface area contributed by atoms with Gasteiger partial charge in [0, 0.05) is 68.3 Å². The van der Waals surface area contributed by atoms with Gasteiger partial charge in [-0.05, 0) is 44.2 Å². The Morgan fingerprint density at radius 2 is 1.89 bits per heavy atom. The lowest BCUT2D eigenvalue weighted by Crippen LogP contribution is -2.58. The Hall–Kier alpha value is -2.71. The highest BCUT2D eigenvalue weighted by molar-refractivity contribution is 5.88. The van der Waals surface area contributed by atoms with Crippen LogP contribution in [0.1, 0.15) is 75.7 Å². The molecule has 3 aliphatic rings. The smallest absolute Gasteiger partial charge is 0.252 e. The van der Waals surface area contributed by atoms with E-state index in [-0.39, 0.29) is 11.6 Å². The van der Waals surface area contributed by atoms with Gasteiger partial charge in [-0.3, -0.25) is 19.4 Å². The zero-order chi connectivity index (χ0) is 25.0. The van der Waals surface area contributed by atoms with Crippen molar-refractivity contribution >= 4 is 16.7 Å². The largest absolute Gasteiger partial charge is 0.377 e. The summed E-state index contributed by atoms with van der Waals surface area (Å²) in [5.41, 5.74) is 5.33. The molecule has 0 bridgehead atoms. The number of rotatable bonds is 7. The molecule has 3 atom stereocenters. The van der Waals surface area contributed by atoms with Gasteiger partial charge in [0.15, 0.2) is 0 Å². The minimum atomic E-state index is 0.0161. The summed E-state index contributed by atoms with van der Waals surface area (Å²) in [4.78, 5) is 22.9. The van der Waals surface area contributed by atoms with Gasteiger partial charge in [0.2, 0.25) is 0 Å². The first kappa shape index (κ1) is 23.7. The van der Waals surface area contributed by atoms with Crippen LogP contribution in [-0.2, 0) is 11.8 Å². The molecule has 192 valence electrons. The molecule has 3 aromatic rings. The van der Waals surface area contributed by atoms with Gasteiger partial charge >= 0.3 is 0 Å². The quantitative estimate of drug-likeness (QED) is 0.498. The topological polar surface area (TPSA) is 68.4 Å². The van der Waals surface area contributed by atoms with Crippen LogP contribution in [0.3, 0.4) is 0 Å². The zero-order valence-electron chi connectivity index (χ0n) is 21.9. The van der Waals surface area contributed by atoms with Crippen LogP contribution in [0.4, 0.5) is 5.69 Å². The molecule has 36 heavy (non-hydrogen) atoms. The van der Waals surface area contributed by atoms with E-state index in [9.17, 15) is 4.79 Å². The van der Waals surface area contributed by atoms with Gasteiger partial charge in [-0.2, -0.15) is 5.10 Å². The minimum Gasteiger partial charge on any atom is -0.377 e. The molecule has 0 aromatic carbocycles. The fourth-order valence-electron chi connectivity index (χ4n) is 5.92. The van der Waals surface area contributed by atoms with Crippen molar-refractivity contribution in [1.82, 2.24) is 24.2 Å². The number of aryl methyl sites for hydroxylation is 1. The van der Waals surface area contributed by atoms with E-state index in [1.807, 2.05) is 17.9 Å². The van der Waals surface area contributed by atoms with E-state index in [2.05, 4.69) is 48.9 Å². The van der Waals surface area contributed by atoms with Crippen molar-refractivity contribution in [3.8, 4) is 0 Å². The molecule has 3 fully saturated rings. The van der Waals surface area contributed by atoms with Crippen molar-refractivity contribution in [2.24, 2.45) is 7.05 Å². The molecular formula is C28H38N6O2. The van der Waals surface area contributed by atoms with E-state index in [0.717, 1.165) is 42.7 Å². The molecule has 0 spiro atoms. The van der Waals surface area contributed by atoms with E-state index >= 15 is 0 Å². The van der Waals surface area contributed by atoms with Gasteiger partial charge in [-0.25, -0.2) is 0 Å². The van der Waals surface area contributed by atoms with Crippen molar-refractivity contribution in [1.29, 1.82) is 0 Å². The maximum atomic E-state index is 13.0. The zero-order valence-corrected chi connectivity index (χ0v) is 21.9. The monoisotopic (exact) mass is 490 g/mol. The Kier molecular flexibility index (Phi) is 6.12. The van der Waals surface area contributed by atoms with E-state index in [1.165, 1.54) is 24.1 Å². The predicted octanol–water partition coefficient (Wildman–Crippen LogP) is 4.02. The first-order chi connectivity index (χ1) is 17.5. The summed E-state index contributed by atoms with van der Waals surface area (Å²) in [5, 5.41) is 4.97. The van der Waals surface area contributed by atoms with Gasteiger partial charge in [0.05, 0.1) is 30.5 Å². The Labute approximate surface area is 212 Å². The molecule has 6 rings (SSSR count). The Morgan fingerprint density at radius 1 is 1.11 bits per heavy atom. The molecule has 1 saturated carbocycles. The number of fused-ring (bicyclic) bond motifs is 1. The van der Waals surface area contributed by atoms with Crippen molar-refractivity contribution < 1.29 is 4.74 Å². The normalized spacial score (nSPS) is 24.3. The average Bonchev–Trinajstić information content (AvgIpc) is 3.63. The summed E-state index contributed by atoms with van der Waals surface area (Å²) in [7, 11) is 1.84. The second kappa shape index (κ2) is 9.30. The number of piperazine rings is 1. The molecule has 0 N–H and O–H groups in total. The summed E-state index contributed by atoms with van der Waals surface area (Å²) in [6.45, 7) is 10.0. The summed E-state index contributed by atoms with van der Waals surface area (Å²) in [6, 6.07) is 7.56. The maximum absolute atomic E-state index is 13.0. The van der Waals surface area contributed by atoms with E-state index in [1.54, 1.807) is 10.6 Å². The molecule has 0 amide bonds. The van der Waals surface area contributed by atoms with E-state index < -0.39 is 0 Å². The Balaban J connectivity index is 1.31. The maximum Gasteiger partial charge on any atom is 0.252 e. The van der Waals surface area contributed by atoms with Crippen molar-refractivity contribution in [2.45, 2.75) is 76.5 Å². The van der Waals surface area contributed by atoms with Crippen LogP contribution in [-0.4, -0.2) is 62.6 Å². The number of pyridine rings is 2. The molecular weight excluding hydrogens is 452 g/mol. The molecule has 2 aliphatic heterocycles. The predicted molar refractivity (Wildman–Crippen MR) is 142 cm³/mol. The highest BCUT2D eigenvalue weighted by atomic mass is 16.5. The van der Waals surface area contributed by atoms with Crippen molar-refractivity contribution in [2.75, 3.05) is 31.2 Å². The van der Waals surface area contributed by atoms with Crippen LogP contribution in [0.2, 0.25) is 0 Å². The molecule has 3 aromatic heterocycles. The third-order valence-electron chi connectivity index (χ3n) is 8.68. The third kappa shape index (κ3) is 4.04. The Bertz CT molecular complexity index is 1290. The molecule has 0 radical (unpaired) electrons. The average molecular weight is 491 g/mol. The summed E-state index contributed by atoms with van der Waals surface area (Å²) >= 11 is 0. The van der Waals surface area contributed by atoms with Crippen molar-refractivity contribution in [3.05, 3.63) is 52.2 Å². The highest BCUT2D eigenvalue weighted by Crippen LogP contribution is 2.39. The van der Waals surface area contributed by atoms with Crippen molar-refractivity contribution in [3.63, 3.8) is 0 Å². The number of nitrogens with zero attached hydrogens (tertiary/aromatic N) is 6. The lowest BCUT2D eigenvalue weighted by molar-refractivity contribution is -0.0283. The number of aromatic nitrogens is 4. The fraction of sp³-hybridized carbons (Fsp3) is 0.607. The number of anilines is 1. The molecule has 8 heteroatoms. The van der Waals surface area contributed by atoms with Gasteiger partial charge in [-0.15, -0.1) is 0 Å². The number of hydrogen-bond acceptors (Lipinski definition) is 6. The molecule has 1 aliphatic carbocycles. The first-order valence-corrected chi connectivity index (χ1v) is 13.6. The summed E-state index contributed by atoms with van der Waals surface area (Å²) in [6.07, 6.45) is 8.73. The van der Waals surface area contributed by atoms with Gasteiger partial charge < -0.3 is 14.2 Å².